The van der Waals surface area contributed by atoms with Crippen LogP contribution in [0.25, 0.3) is 0 Å². The van der Waals surface area contributed by atoms with Crippen molar-refractivity contribution in [2.75, 3.05) is 0 Å². The summed E-state index contributed by atoms with van der Waals surface area (Å²) < 4.78 is 11.0. The minimum absolute atomic E-state index is 0.288. The lowest BCUT2D eigenvalue weighted by Crippen LogP contribution is -2.29. The van der Waals surface area contributed by atoms with Crippen LogP contribution in [0.4, 0.5) is 0 Å². The van der Waals surface area contributed by atoms with E-state index < -0.39 is 5.54 Å². The van der Waals surface area contributed by atoms with Gasteiger partial charge in [0.15, 0.2) is 5.82 Å². The highest BCUT2D eigenvalue weighted by Gasteiger charge is 2.44. The maximum absolute atomic E-state index is 5.92. The number of nitrogens with zero attached hydrogens (tertiary/aromatic N) is 2. The Labute approximate surface area is 94.3 Å². The highest BCUT2D eigenvalue weighted by Crippen LogP contribution is 2.43. The Morgan fingerprint density at radius 1 is 1.38 bits per heavy atom. The van der Waals surface area contributed by atoms with Gasteiger partial charge in [0.2, 0.25) is 5.89 Å². The molecule has 0 spiro atoms. The molecule has 0 aromatic carbocycles. The van der Waals surface area contributed by atoms with Crippen LogP contribution in [-0.4, -0.2) is 22.3 Å². The van der Waals surface area contributed by atoms with Crippen molar-refractivity contribution in [1.29, 1.82) is 0 Å². The summed E-state index contributed by atoms with van der Waals surface area (Å²) in [5.41, 5.74) is 5.35. The molecule has 3 heterocycles. The van der Waals surface area contributed by atoms with Crippen molar-refractivity contribution in [1.82, 2.24) is 10.1 Å². The largest absolute Gasteiger partial charge is 0.374 e. The number of rotatable bonds is 2. The normalized spacial score (nSPS) is 33.6. The average Bonchev–Trinajstić information content (AvgIpc) is 2.92. The van der Waals surface area contributed by atoms with Gasteiger partial charge in [-0.1, -0.05) is 5.16 Å². The summed E-state index contributed by atoms with van der Waals surface area (Å²) in [6, 6.07) is 0. The van der Waals surface area contributed by atoms with E-state index in [-0.39, 0.29) is 6.10 Å². The lowest BCUT2D eigenvalue weighted by atomic mass is 9.89. The fourth-order valence-corrected chi connectivity index (χ4v) is 2.56. The second-order valence-corrected chi connectivity index (χ2v) is 5.40. The second kappa shape index (κ2) is 3.28. The van der Waals surface area contributed by atoms with Gasteiger partial charge in [-0.3, -0.25) is 0 Å². The van der Waals surface area contributed by atoms with Gasteiger partial charge in [0.1, 0.15) is 0 Å². The molecule has 2 saturated heterocycles. The second-order valence-electron chi connectivity index (χ2n) is 5.40. The molecule has 2 aliphatic rings. The minimum atomic E-state index is -0.566. The highest BCUT2D eigenvalue weighted by atomic mass is 16.5. The van der Waals surface area contributed by atoms with E-state index in [1.54, 1.807) is 0 Å². The fourth-order valence-electron chi connectivity index (χ4n) is 2.56. The van der Waals surface area contributed by atoms with Crippen LogP contribution >= 0.6 is 0 Å². The van der Waals surface area contributed by atoms with Gasteiger partial charge in [-0.25, -0.2) is 0 Å². The van der Waals surface area contributed by atoms with Crippen molar-refractivity contribution in [3.63, 3.8) is 0 Å². The van der Waals surface area contributed by atoms with E-state index >= 15 is 0 Å². The molecule has 0 radical (unpaired) electrons. The first-order valence-electron chi connectivity index (χ1n) is 5.82. The Morgan fingerprint density at radius 3 is 2.69 bits per heavy atom. The van der Waals surface area contributed by atoms with E-state index in [0.717, 1.165) is 18.7 Å². The molecule has 88 valence electrons. The fraction of sp³-hybridized carbons (Fsp3) is 0.818. The van der Waals surface area contributed by atoms with Crippen molar-refractivity contribution in [2.45, 2.75) is 56.8 Å². The summed E-state index contributed by atoms with van der Waals surface area (Å²) in [4.78, 5) is 4.40. The number of hydrogen-bond acceptors (Lipinski definition) is 5. The van der Waals surface area contributed by atoms with E-state index in [4.69, 9.17) is 15.0 Å². The van der Waals surface area contributed by atoms with E-state index in [2.05, 4.69) is 10.1 Å². The molecule has 0 saturated carbocycles. The average molecular weight is 223 g/mol. The van der Waals surface area contributed by atoms with Crippen LogP contribution in [-0.2, 0) is 10.3 Å². The third kappa shape index (κ3) is 1.55. The van der Waals surface area contributed by atoms with Crippen LogP contribution in [0.15, 0.2) is 4.52 Å². The molecule has 1 aromatic heterocycles. The molecule has 3 unspecified atom stereocenters. The first-order valence-corrected chi connectivity index (χ1v) is 5.82. The maximum atomic E-state index is 5.92. The van der Waals surface area contributed by atoms with Gasteiger partial charge in [0.25, 0.3) is 0 Å². The third-order valence-corrected chi connectivity index (χ3v) is 3.43. The monoisotopic (exact) mass is 223 g/mol. The summed E-state index contributed by atoms with van der Waals surface area (Å²) in [5.74, 6) is 1.57. The molecular weight excluding hydrogens is 206 g/mol. The van der Waals surface area contributed by atoms with Gasteiger partial charge >= 0.3 is 0 Å². The molecule has 3 rings (SSSR count). The molecule has 1 aromatic rings. The zero-order chi connectivity index (χ0) is 11.3. The molecule has 2 fully saturated rings. The van der Waals surface area contributed by atoms with Gasteiger partial charge in [0, 0.05) is 0 Å². The molecule has 5 heteroatoms. The number of aromatic nitrogens is 2. The molecule has 0 amide bonds. The molecule has 0 aliphatic carbocycles. The Balaban J connectivity index is 1.83. The number of ether oxygens (including phenoxy) is 1. The van der Waals surface area contributed by atoms with Crippen LogP contribution in [0.3, 0.4) is 0 Å². The molecule has 2 bridgehead atoms. The Bertz CT molecular complexity index is 396. The number of nitrogens with two attached hydrogens (primary N) is 1. The molecule has 2 aliphatic heterocycles. The first kappa shape index (κ1) is 10.2. The third-order valence-electron chi connectivity index (χ3n) is 3.43. The van der Waals surface area contributed by atoms with Gasteiger partial charge in [-0.15, -0.1) is 0 Å². The molecule has 5 nitrogen and oxygen atoms in total. The summed E-state index contributed by atoms with van der Waals surface area (Å²) in [5, 5.41) is 4.04. The van der Waals surface area contributed by atoms with E-state index in [0.29, 0.717) is 17.9 Å². The Kier molecular flexibility index (Phi) is 2.09. The van der Waals surface area contributed by atoms with Crippen molar-refractivity contribution in [3.8, 4) is 0 Å². The van der Waals surface area contributed by atoms with Crippen molar-refractivity contribution in [3.05, 3.63) is 11.7 Å². The molecular formula is C11H17N3O2. The zero-order valence-electron chi connectivity index (χ0n) is 9.64. The topological polar surface area (TPSA) is 74.2 Å². The smallest absolute Gasteiger partial charge is 0.246 e. The van der Waals surface area contributed by atoms with Crippen LogP contribution in [0.2, 0.25) is 0 Å². The molecule has 3 atom stereocenters. The number of hydrogen-bond donors (Lipinski definition) is 1. The number of fused-ring (bicyclic) bond motifs is 2. The van der Waals surface area contributed by atoms with Crippen LogP contribution in [0.5, 0.6) is 0 Å². The van der Waals surface area contributed by atoms with E-state index in [1.807, 2.05) is 13.8 Å². The summed E-state index contributed by atoms with van der Waals surface area (Å²) in [6.45, 7) is 3.73. The zero-order valence-corrected chi connectivity index (χ0v) is 9.64. The van der Waals surface area contributed by atoms with Crippen molar-refractivity contribution in [2.24, 2.45) is 5.73 Å². The Morgan fingerprint density at radius 2 is 2.19 bits per heavy atom. The summed E-state index contributed by atoms with van der Waals surface area (Å²) in [7, 11) is 0. The van der Waals surface area contributed by atoms with E-state index in [1.165, 1.54) is 6.42 Å². The van der Waals surface area contributed by atoms with Gasteiger partial charge in [-0.2, -0.15) is 4.98 Å². The summed E-state index contributed by atoms with van der Waals surface area (Å²) in [6.07, 6.45) is 4.01. The van der Waals surface area contributed by atoms with Gasteiger partial charge < -0.3 is 15.0 Å². The van der Waals surface area contributed by atoms with Gasteiger partial charge in [-0.05, 0) is 33.1 Å². The quantitative estimate of drug-likeness (QED) is 0.818. The van der Waals surface area contributed by atoms with Crippen LogP contribution in [0, 0.1) is 0 Å². The summed E-state index contributed by atoms with van der Waals surface area (Å²) >= 11 is 0. The maximum Gasteiger partial charge on any atom is 0.246 e. The standard InChI is InChI=1S/C11H17N3O2/c1-11(2,12)10-13-9(14-16-10)7-5-6-3-4-8(7)15-6/h6-8H,3-5,12H2,1-2H3. The van der Waals surface area contributed by atoms with Gasteiger partial charge in [0.05, 0.1) is 23.7 Å². The van der Waals surface area contributed by atoms with Crippen LogP contribution in [0.1, 0.15) is 50.7 Å². The SMILES string of the molecule is CC(C)(N)c1nc(C2CC3CCC2O3)no1. The molecule has 16 heavy (non-hydrogen) atoms. The lowest BCUT2D eigenvalue weighted by molar-refractivity contribution is 0.0996. The van der Waals surface area contributed by atoms with Crippen molar-refractivity contribution < 1.29 is 9.26 Å². The first-order chi connectivity index (χ1) is 7.54. The van der Waals surface area contributed by atoms with Crippen LogP contribution < -0.4 is 5.73 Å². The van der Waals surface area contributed by atoms with Crippen molar-refractivity contribution >= 4 is 0 Å². The predicted molar refractivity (Wildman–Crippen MR) is 56.8 cm³/mol. The predicted octanol–water partition coefficient (Wildman–Crippen LogP) is 1.30. The lowest BCUT2D eigenvalue weighted by Gasteiger charge is -2.14. The molecule has 2 N–H and O–H groups in total. The van der Waals surface area contributed by atoms with E-state index in [9.17, 15) is 0 Å². The highest BCUT2D eigenvalue weighted by molar-refractivity contribution is 5.08. The minimum Gasteiger partial charge on any atom is -0.374 e. The Hall–Kier alpha value is -0.940.